The number of hydrogen-bond acceptors (Lipinski definition) is 2. The number of hydrogen-bond donors (Lipinski definition) is 1. The topological polar surface area (TPSA) is 38.3 Å². The first-order valence-corrected chi connectivity index (χ1v) is 6.77. The molecule has 1 fully saturated rings. The standard InChI is InChI=1S/C15H21NO2/c1-12-6-5-7-13(11-10-12)16-15(17)18-14-8-3-2-4-9-14/h2-4,8-9,12-13H,5-7,10-11H2,1H3,(H,16,17). The predicted molar refractivity (Wildman–Crippen MR) is 71.6 cm³/mol. The zero-order valence-corrected chi connectivity index (χ0v) is 10.9. The van der Waals surface area contributed by atoms with E-state index in [1.807, 2.05) is 18.2 Å². The van der Waals surface area contributed by atoms with Gasteiger partial charge in [0, 0.05) is 6.04 Å². The lowest BCUT2D eigenvalue weighted by atomic mass is 10.0. The molecule has 98 valence electrons. The van der Waals surface area contributed by atoms with E-state index in [2.05, 4.69) is 12.2 Å². The van der Waals surface area contributed by atoms with Crippen molar-refractivity contribution < 1.29 is 9.53 Å². The number of rotatable bonds is 2. The van der Waals surface area contributed by atoms with Crippen molar-refractivity contribution in [3.8, 4) is 5.75 Å². The summed E-state index contributed by atoms with van der Waals surface area (Å²) in [6, 6.07) is 9.46. The summed E-state index contributed by atoms with van der Waals surface area (Å²) in [6.07, 6.45) is 5.44. The van der Waals surface area contributed by atoms with Gasteiger partial charge in [0.15, 0.2) is 0 Å². The van der Waals surface area contributed by atoms with Crippen molar-refractivity contribution in [1.29, 1.82) is 0 Å². The lowest BCUT2D eigenvalue weighted by Crippen LogP contribution is -2.36. The fraction of sp³-hybridized carbons (Fsp3) is 0.533. The molecule has 0 bridgehead atoms. The summed E-state index contributed by atoms with van der Waals surface area (Å²) in [5.74, 6) is 1.37. The third kappa shape index (κ3) is 4.06. The van der Waals surface area contributed by atoms with Gasteiger partial charge in [0.2, 0.25) is 0 Å². The van der Waals surface area contributed by atoms with Crippen molar-refractivity contribution in [2.75, 3.05) is 0 Å². The maximum atomic E-state index is 11.7. The minimum Gasteiger partial charge on any atom is -0.410 e. The van der Waals surface area contributed by atoms with E-state index in [1.165, 1.54) is 19.3 Å². The molecular weight excluding hydrogens is 226 g/mol. The molecule has 0 heterocycles. The van der Waals surface area contributed by atoms with Crippen LogP contribution in [0.2, 0.25) is 0 Å². The Bertz CT molecular complexity index is 377. The second-order valence-corrected chi connectivity index (χ2v) is 5.16. The summed E-state index contributed by atoms with van der Waals surface area (Å²) in [5.41, 5.74) is 0. The molecule has 0 saturated heterocycles. The zero-order valence-electron chi connectivity index (χ0n) is 10.9. The molecule has 3 nitrogen and oxygen atoms in total. The van der Waals surface area contributed by atoms with E-state index < -0.39 is 0 Å². The molecule has 2 atom stereocenters. The smallest absolute Gasteiger partial charge is 0.410 e. The molecule has 0 spiro atoms. The Kier molecular flexibility index (Phi) is 4.62. The SMILES string of the molecule is CC1CCCC(NC(=O)Oc2ccccc2)CC1. The van der Waals surface area contributed by atoms with Gasteiger partial charge in [0.05, 0.1) is 0 Å². The first-order valence-electron chi connectivity index (χ1n) is 6.77. The molecule has 1 aromatic rings. The van der Waals surface area contributed by atoms with E-state index in [1.54, 1.807) is 12.1 Å². The highest BCUT2D eigenvalue weighted by atomic mass is 16.6. The Morgan fingerprint density at radius 1 is 1.17 bits per heavy atom. The number of benzene rings is 1. The van der Waals surface area contributed by atoms with Crippen molar-refractivity contribution in [2.45, 2.75) is 45.1 Å². The highest BCUT2D eigenvalue weighted by Crippen LogP contribution is 2.22. The number of para-hydroxylation sites is 1. The van der Waals surface area contributed by atoms with Gasteiger partial charge in [-0.05, 0) is 37.3 Å². The van der Waals surface area contributed by atoms with E-state index in [0.29, 0.717) is 5.75 Å². The summed E-state index contributed by atoms with van der Waals surface area (Å²) in [7, 11) is 0. The fourth-order valence-electron chi connectivity index (χ4n) is 2.42. The molecule has 2 unspecified atom stereocenters. The van der Waals surface area contributed by atoms with Crippen molar-refractivity contribution >= 4 is 6.09 Å². The van der Waals surface area contributed by atoms with Crippen LogP contribution < -0.4 is 10.1 Å². The summed E-state index contributed by atoms with van der Waals surface area (Å²) >= 11 is 0. The minimum absolute atomic E-state index is 0.270. The lowest BCUT2D eigenvalue weighted by Gasteiger charge is -2.16. The van der Waals surface area contributed by atoms with Crippen molar-refractivity contribution in [3.05, 3.63) is 30.3 Å². The van der Waals surface area contributed by atoms with E-state index in [4.69, 9.17) is 4.74 Å². The minimum atomic E-state index is -0.333. The van der Waals surface area contributed by atoms with E-state index in [-0.39, 0.29) is 12.1 Å². The molecule has 3 heteroatoms. The molecule has 0 radical (unpaired) electrons. The first-order chi connectivity index (χ1) is 8.74. The Morgan fingerprint density at radius 2 is 1.94 bits per heavy atom. The van der Waals surface area contributed by atoms with Crippen LogP contribution in [0.4, 0.5) is 4.79 Å². The van der Waals surface area contributed by atoms with Crippen LogP contribution in [0.1, 0.15) is 39.0 Å². The third-order valence-corrected chi connectivity index (χ3v) is 3.53. The number of amides is 1. The Labute approximate surface area is 109 Å². The van der Waals surface area contributed by atoms with Gasteiger partial charge in [-0.25, -0.2) is 4.79 Å². The van der Waals surface area contributed by atoms with Crippen LogP contribution in [0.15, 0.2) is 30.3 Å². The molecular formula is C15H21NO2. The predicted octanol–water partition coefficient (Wildman–Crippen LogP) is 3.74. The summed E-state index contributed by atoms with van der Waals surface area (Å²) in [6.45, 7) is 2.28. The van der Waals surface area contributed by atoms with Crippen LogP contribution >= 0.6 is 0 Å². The molecule has 1 aromatic carbocycles. The Balaban J connectivity index is 1.80. The summed E-state index contributed by atoms with van der Waals surface area (Å²) < 4.78 is 5.23. The Hall–Kier alpha value is -1.51. The summed E-state index contributed by atoms with van der Waals surface area (Å²) in [5, 5.41) is 2.97. The highest BCUT2D eigenvalue weighted by molar-refractivity contribution is 5.70. The van der Waals surface area contributed by atoms with Gasteiger partial charge in [-0.15, -0.1) is 0 Å². The highest BCUT2D eigenvalue weighted by Gasteiger charge is 2.18. The quantitative estimate of drug-likeness (QED) is 0.808. The van der Waals surface area contributed by atoms with Gasteiger partial charge in [-0.1, -0.05) is 38.0 Å². The van der Waals surface area contributed by atoms with E-state index in [9.17, 15) is 4.79 Å². The van der Waals surface area contributed by atoms with Crippen LogP contribution in [-0.2, 0) is 0 Å². The van der Waals surface area contributed by atoms with Crippen LogP contribution in [0.25, 0.3) is 0 Å². The monoisotopic (exact) mass is 247 g/mol. The van der Waals surface area contributed by atoms with Crippen LogP contribution in [0, 0.1) is 5.92 Å². The maximum absolute atomic E-state index is 11.7. The Morgan fingerprint density at radius 3 is 2.72 bits per heavy atom. The molecule has 0 aromatic heterocycles. The molecule has 1 aliphatic rings. The molecule has 1 aliphatic carbocycles. The fourth-order valence-corrected chi connectivity index (χ4v) is 2.42. The van der Waals surface area contributed by atoms with Gasteiger partial charge in [0.25, 0.3) is 0 Å². The van der Waals surface area contributed by atoms with Gasteiger partial charge >= 0.3 is 6.09 Å². The molecule has 1 N–H and O–H groups in total. The van der Waals surface area contributed by atoms with Crippen LogP contribution in [0.5, 0.6) is 5.75 Å². The van der Waals surface area contributed by atoms with E-state index in [0.717, 1.165) is 18.8 Å². The van der Waals surface area contributed by atoms with Gasteiger partial charge in [0.1, 0.15) is 5.75 Å². The maximum Gasteiger partial charge on any atom is 0.412 e. The average Bonchev–Trinajstić information content (AvgIpc) is 2.56. The molecule has 18 heavy (non-hydrogen) atoms. The van der Waals surface area contributed by atoms with Crippen molar-refractivity contribution in [3.63, 3.8) is 0 Å². The van der Waals surface area contributed by atoms with Gasteiger partial charge in [-0.2, -0.15) is 0 Å². The number of ether oxygens (including phenoxy) is 1. The van der Waals surface area contributed by atoms with Crippen molar-refractivity contribution in [2.24, 2.45) is 5.92 Å². The second-order valence-electron chi connectivity index (χ2n) is 5.16. The average molecular weight is 247 g/mol. The first kappa shape index (κ1) is 12.9. The van der Waals surface area contributed by atoms with Gasteiger partial charge in [-0.3, -0.25) is 0 Å². The van der Waals surface area contributed by atoms with Crippen molar-refractivity contribution in [1.82, 2.24) is 5.32 Å². The van der Waals surface area contributed by atoms with Crippen LogP contribution in [0.3, 0.4) is 0 Å². The second kappa shape index (κ2) is 6.43. The number of nitrogens with one attached hydrogen (secondary N) is 1. The van der Waals surface area contributed by atoms with E-state index >= 15 is 0 Å². The van der Waals surface area contributed by atoms with Crippen LogP contribution in [-0.4, -0.2) is 12.1 Å². The lowest BCUT2D eigenvalue weighted by molar-refractivity contribution is 0.194. The molecule has 2 rings (SSSR count). The normalized spacial score (nSPS) is 24.1. The number of carbonyl (C=O) groups is 1. The molecule has 0 aliphatic heterocycles. The summed E-state index contributed by atoms with van der Waals surface area (Å²) in [4.78, 5) is 11.7. The zero-order chi connectivity index (χ0) is 12.8. The van der Waals surface area contributed by atoms with Gasteiger partial charge < -0.3 is 10.1 Å². The number of carbonyl (C=O) groups excluding carboxylic acids is 1. The molecule has 1 saturated carbocycles. The third-order valence-electron chi connectivity index (χ3n) is 3.53. The largest absolute Gasteiger partial charge is 0.412 e. The molecule has 1 amide bonds.